The first kappa shape index (κ1) is 31.1. The standard InChI is InChI=1S/C31H33N3O9S/c1-17-14-23-28(18(2)15-26(36)41-23)30-27(17)21(29(42-30)19-6-8-20(40-4)9-7-19)16-25(35)32-22(11-13-44(5,37)38)31-33-24(34-43-31)10-12-39-3/h6-9,14-15,22H,10-13,16H2,1-5H3,(H-,32,35,37,38). The number of hydrogen-bond acceptors (Lipinski definition) is 11. The predicted molar refractivity (Wildman–Crippen MR) is 162 cm³/mol. The van der Waals surface area contributed by atoms with E-state index in [1.165, 1.54) is 6.07 Å². The highest BCUT2D eigenvalue weighted by Crippen LogP contribution is 2.40. The van der Waals surface area contributed by atoms with Gasteiger partial charge in [0.2, 0.25) is 11.8 Å². The summed E-state index contributed by atoms with van der Waals surface area (Å²) in [7, 11) is -0.224. The first-order valence-electron chi connectivity index (χ1n) is 13.9. The van der Waals surface area contributed by atoms with E-state index in [4.69, 9.17) is 22.8 Å². The minimum absolute atomic E-state index is 0.0375. The van der Waals surface area contributed by atoms with Gasteiger partial charge in [0.25, 0.3) is 0 Å². The van der Waals surface area contributed by atoms with Crippen molar-refractivity contribution in [3.8, 4) is 17.1 Å². The second kappa shape index (κ2) is 12.7. The van der Waals surface area contributed by atoms with Crippen molar-refractivity contribution in [1.82, 2.24) is 15.5 Å². The molecule has 3 heterocycles. The summed E-state index contributed by atoms with van der Waals surface area (Å²) in [4.78, 5) is 30.2. The number of methoxy groups -OCH3 is 2. The average Bonchev–Trinajstić information content (AvgIpc) is 3.59. The Labute approximate surface area is 254 Å². The number of rotatable bonds is 12. The van der Waals surface area contributed by atoms with Crippen LogP contribution in [0, 0.1) is 13.8 Å². The Balaban J connectivity index is 1.57. The van der Waals surface area contributed by atoms with E-state index in [1.54, 1.807) is 39.3 Å². The van der Waals surface area contributed by atoms with Crippen LogP contribution in [0.15, 0.2) is 54.6 Å². The fourth-order valence-corrected chi connectivity index (χ4v) is 5.86. The molecule has 12 nitrogen and oxygen atoms in total. The van der Waals surface area contributed by atoms with E-state index in [9.17, 15) is 18.4 Å². The van der Waals surface area contributed by atoms with Crippen molar-refractivity contribution in [2.75, 3.05) is 32.8 Å². The number of aryl methyl sites for hydroxylation is 2. The zero-order chi connectivity index (χ0) is 31.6. The molecular weight excluding hydrogens is 590 g/mol. The molecule has 3 aromatic heterocycles. The third-order valence-electron chi connectivity index (χ3n) is 7.28. The number of ether oxygens (including phenoxy) is 2. The second-order valence-corrected chi connectivity index (χ2v) is 12.9. The molecule has 0 aliphatic heterocycles. The van der Waals surface area contributed by atoms with Gasteiger partial charge in [0.05, 0.1) is 31.8 Å². The molecule has 13 heteroatoms. The van der Waals surface area contributed by atoms with Crippen molar-refractivity contribution >= 4 is 38.1 Å². The number of sulfone groups is 1. The first-order valence-corrected chi connectivity index (χ1v) is 16.0. The summed E-state index contributed by atoms with van der Waals surface area (Å²) in [5, 5.41) is 8.18. The van der Waals surface area contributed by atoms with Crippen LogP contribution in [-0.2, 0) is 36.8 Å². The van der Waals surface area contributed by atoms with Crippen LogP contribution in [-0.4, -0.2) is 53.4 Å². The molecule has 5 rings (SSSR count). The maximum atomic E-state index is 13.7. The summed E-state index contributed by atoms with van der Waals surface area (Å²) < 4.78 is 51.8. The summed E-state index contributed by atoms with van der Waals surface area (Å²) in [5.41, 5.74) is 3.15. The molecule has 1 amide bonds. The molecule has 232 valence electrons. The van der Waals surface area contributed by atoms with Crippen LogP contribution in [0.5, 0.6) is 5.75 Å². The van der Waals surface area contributed by atoms with Crippen LogP contribution < -0.4 is 15.7 Å². The second-order valence-electron chi connectivity index (χ2n) is 10.7. The molecule has 5 aromatic rings. The Hall–Kier alpha value is -4.33. The van der Waals surface area contributed by atoms with Crippen molar-refractivity contribution < 1.29 is 36.4 Å². The number of amides is 1. The summed E-state index contributed by atoms with van der Waals surface area (Å²) in [6.45, 7) is 4.03. The number of furan rings is 1. The molecule has 2 aromatic carbocycles. The Morgan fingerprint density at radius 2 is 1.82 bits per heavy atom. The van der Waals surface area contributed by atoms with E-state index in [2.05, 4.69) is 15.5 Å². The van der Waals surface area contributed by atoms with Crippen LogP contribution >= 0.6 is 0 Å². The van der Waals surface area contributed by atoms with Crippen molar-refractivity contribution in [2.45, 2.75) is 39.2 Å². The fourth-order valence-electron chi connectivity index (χ4n) is 5.20. The Morgan fingerprint density at radius 3 is 2.50 bits per heavy atom. The lowest BCUT2D eigenvalue weighted by molar-refractivity contribution is -0.121. The molecule has 2 atom stereocenters. The maximum absolute atomic E-state index is 13.7. The molecule has 0 saturated heterocycles. The highest BCUT2D eigenvalue weighted by atomic mass is 32.3. The normalized spacial score (nSPS) is 13.7. The van der Waals surface area contributed by atoms with Gasteiger partial charge in [-0.25, -0.2) is 4.79 Å². The number of fused-ring (bicyclic) bond motifs is 3. The van der Waals surface area contributed by atoms with Crippen LogP contribution in [0.3, 0.4) is 0 Å². The molecule has 0 saturated carbocycles. The van der Waals surface area contributed by atoms with E-state index in [-0.39, 0.29) is 24.5 Å². The molecule has 0 aliphatic rings. The molecule has 1 N–H and O–H groups in total. The Bertz CT molecular complexity index is 1920. The molecule has 44 heavy (non-hydrogen) atoms. The van der Waals surface area contributed by atoms with Crippen molar-refractivity contribution in [1.29, 1.82) is 0 Å². The molecular formula is C31H33N3O9S. The van der Waals surface area contributed by atoms with Crippen LogP contribution in [0.1, 0.15) is 40.9 Å². The highest BCUT2D eigenvalue weighted by molar-refractivity contribution is 7.96. The lowest BCUT2D eigenvalue weighted by Crippen LogP contribution is -2.32. The summed E-state index contributed by atoms with van der Waals surface area (Å²) in [5.74, 6) is 0.997. The van der Waals surface area contributed by atoms with Gasteiger partial charge >= 0.3 is 5.63 Å². The third kappa shape index (κ3) is 6.74. The smallest absolute Gasteiger partial charge is 0.336 e. The van der Waals surface area contributed by atoms with Crippen molar-refractivity contribution in [3.63, 3.8) is 0 Å². The molecule has 0 fully saturated rings. The molecule has 0 spiro atoms. The van der Waals surface area contributed by atoms with Gasteiger partial charge in [-0.3, -0.25) is 4.79 Å². The molecule has 0 radical (unpaired) electrons. The number of benzene rings is 2. The largest absolute Gasteiger partial charge is 0.615 e. The van der Waals surface area contributed by atoms with Crippen LogP contribution in [0.4, 0.5) is 0 Å². The van der Waals surface area contributed by atoms with E-state index >= 15 is 0 Å². The van der Waals surface area contributed by atoms with E-state index in [1.807, 2.05) is 19.1 Å². The minimum Gasteiger partial charge on any atom is -0.615 e. The zero-order valence-electron chi connectivity index (χ0n) is 25.1. The van der Waals surface area contributed by atoms with Gasteiger partial charge in [0.1, 0.15) is 34.5 Å². The molecule has 0 bridgehead atoms. The SMILES string of the molecule is COCCc1noc(C(CC[S+](C)(=O)[O-])NC(=O)Cc2c(-c3ccc(OC)cc3)oc3c2c(C)cc2oc(=O)cc(C)c23)n1. The monoisotopic (exact) mass is 623 g/mol. The van der Waals surface area contributed by atoms with Gasteiger partial charge in [-0.2, -0.15) is 4.98 Å². The number of carbonyl (C=O) groups excluding carboxylic acids is 1. The van der Waals surface area contributed by atoms with E-state index in [0.29, 0.717) is 69.0 Å². The van der Waals surface area contributed by atoms with Crippen molar-refractivity contribution in [3.05, 3.63) is 75.2 Å². The maximum Gasteiger partial charge on any atom is 0.336 e. The zero-order valence-corrected chi connectivity index (χ0v) is 25.9. The van der Waals surface area contributed by atoms with E-state index < -0.39 is 27.8 Å². The lowest BCUT2D eigenvalue weighted by atomic mass is 9.97. The number of aromatic nitrogens is 2. The topological polar surface area (TPSA) is 170 Å². The van der Waals surface area contributed by atoms with Gasteiger partial charge in [-0.1, -0.05) is 5.16 Å². The molecule has 2 unspecified atom stereocenters. The number of nitrogens with one attached hydrogen (secondary N) is 1. The van der Waals surface area contributed by atoms with Crippen LogP contribution in [0.2, 0.25) is 0 Å². The summed E-state index contributed by atoms with van der Waals surface area (Å²) >= 11 is 0. The molecule has 0 aliphatic carbocycles. The Morgan fingerprint density at radius 1 is 1.09 bits per heavy atom. The van der Waals surface area contributed by atoms with Gasteiger partial charge in [-0.15, -0.1) is 4.21 Å². The summed E-state index contributed by atoms with van der Waals surface area (Å²) in [6.07, 6.45) is 1.44. The average molecular weight is 624 g/mol. The fraction of sp³-hybridized carbons (Fsp3) is 0.355. The predicted octanol–water partition coefficient (Wildman–Crippen LogP) is 4.45. The van der Waals surface area contributed by atoms with Gasteiger partial charge in [0, 0.05) is 52.7 Å². The van der Waals surface area contributed by atoms with E-state index in [0.717, 1.165) is 11.8 Å². The number of nitrogens with zero attached hydrogens (tertiary/aromatic N) is 2. The summed E-state index contributed by atoms with van der Waals surface area (Å²) in [6, 6.07) is 9.56. The minimum atomic E-state index is -3.35. The number of carbonyl (C=O) groups is 1. The first-order chi connectivity index (χ1) is 21.0. The quantitative estimate of drug-likeness (QED) is 0.154. The van der Waals surface area contributed by atoms with Gasteiger partial charge < -0.3 is 32.7 Å². The van der Waals surface area contributed by atoms with Gasteiger partial charge in [0.15, 0.2) is 5.82 Å². The lowest BCUT2D eigenvalue weighted by Gasteiger charge is -2.17. The Kier molecular flexibility index (Phi) is 9.00. The number of hydrogen-bond donors (Lipinski definition) is 1. The van der Waals surface area contributed by atoms with Crippen LogP contribution in [0.25, 0.3) is 33.3 Å². The van der Waals surface area contributed by atoms with Crippen molar-refractivity contribution in [2.24, 2.45) is 0 Å². The highest BCUT2D eigenvalue weighted by Gasteiger charge is 2.28. The third-order valence-corrected chi connectivity index (χ3v) is 8.25. The van der Waals surface area contributed by atoms with Gasteiger partial charge in [-0.05, 0) is 55.3 Å².